The van der Waals surface area contributed by atoms with E-state index in [1.807, 2.05) is 12.1 Å². The van der Waals surface area contributed by atoms with E-state index in [9.17, 15) is 0 Å². The molecule has 0 spiro atoms. The monoisotopic (exact) mass is 259 g/mol. The first-order chi connectivity index (χ1) is 9.12. The first kappa shape index (κ1) is 13.1. The molecule has 5 nitrogen and oxygen atoms in total. The van der Waals surface area contributed by atoms with Gasteiger partial charge >= 0.3 is 0 Å². The van der Waals surface area contributed by atoms with Crippen LogP contribution in [0, 0.1) is 13.8 Å². The first-order valence-electron chi connectivity index (χ1n) is 5.93. The Morgan fingerprint density at radius 1 is 0.895 bits per heavy atom. The average Bonchev–Trinajstić information content (AvgIpc) is 2.42. The van der Waals surface area contributed by atoms with E-state index in [4.69, 9.17) is 9.47 Å². The summed E-state index contributed by atoms with van der Waals surface area (Å²) >= 11 is 0. The molecular weight excluding hydrogens is 242 g/mol. The van der Waals surface area contributed by atoms with Gasteiger partial charge in [-0.1, -0.05) is 6.07 Å². The number of anilines is 2. The number of aromatic nitrogens is 2. The highest BCUT2D eigenvalue weighted by Crippen LogP contribution is 2.21. The average molecular weight is 259 g/mol. The van der Waals surface area contributed by atoms with E-state index < -0.39 is 0 Å². The summed E-state index contributed by atoms with van der Waals surface area (Å²) in [6.45, 7) is 4.14. The fourth-order valence-electron chi connectivity index (χ4n) is 1.62. The van der Waals surface area contributed by atoms with Gasteiger partial charge in [0.1, 0.15) is 0 Å². The lowest BCUT2D eigenvalue weighted by Crippen LogP contribution is -2.01. The van der Waals surface area contributed by atoms with Gasteiger partial charge in [-0.2, -0.15) is 9.97 Å². The second kappa shape index (κ2) is 5.56. The van der Waals surface area contributed by atoms with E-state index in [1.54, 1.807) is 20.3 Å². The van der Waals surface area contributed by atoms with Crippen molar-refractivity contribution in [2.45, 2.75) is 13.8 Å². The maximum absolute atomic E-state index is 5.11. The molecule has 5 heteroatoms. The van der Waals surface area contributed by atoms with Gasteiger partial charge in [0.2, 0.25) is 17.7 Å². The molecule has 1 aromatic heterocycles. The van der Waals surface area contributed by atoms with Gasteiger partial charge in [0.15, 0.2) is 0 Å². The molecule has 0 aliphatic carbocycles. The van der Waals surface area contributed by atoms with Crippen LogP contribution in [0.4, 0.5) is 11.6 Å². The maximum atomic E-state index is 5.11. The number of rotatable bonds is 4. The highest BCUT2D eigenvalue weighted by Gasteiger charge is 2.06. The molecular formula is C14H17N3O2. The van der Waals surface area contributed by atoms with E-state index >= 15 is 0 Å². The summed E-state index contributed by atoms with van der Waals surface area (Å²) in [6.07, 6.45) is 0. The zero-order valence-electron chi connectivity index (χ0n) is 11.5. The molecule has 0 atom stereocenters. The number of nitrogens with zero attached hydrogens (tertiary/aromatic N) is 2. The van der Waals surface area contributed by atoms with Crippen molar-refractivity contribution in [3.8, 4) is 11.8 Å². The molecule has 2 rings (SSSR count). The van der Waals surface area contributed by atoms with Crippen LogP contribution in [0.5, 0.6) is 11.8 Å². The summed E-state index contributed by atoms with van der Waals surface area (Å²) in [5.41, 5.74) is 3.38. The van der Waals surface area contributed by atoms with Crippen molar-refractivity contribution in [1.82, 2.24) is 9.97 Å². The molecule has 1 N–H and O–H groups in total. The lowest BCUT2D eigenvalue weighted by molar-refractivity contribution is 0.373. The highest BCUT2D eigenvalue weighted by atomic mass is 16.5. The molecule has 0 radical (unpaired) electrons. The molecule has 19 heavy (non-hydrogen) atoms. The number of hydrogen-bond donors (Lipinski definition) is 1. The fourth-order valence-corrected chi connectivity index (χ4v) is 1.62. The lowest BCUT2D eigenvalue weighted by atomic mass is 10.1. The summed E-state index contributed by atoms with van der Waals surface area (Å²) in [4.78, 5) is 8.45. The Kier molecular flexibility index (Phi) is 3.85. The van der Waals surface area contributed by atoms with Crippen molar-refractivity contribution in [1.29, 1.82) is 0 Å². The second-order valence-corrected chi connectivity index (χ2v) is 4.20. The largest absolute Gasteiger partial charge is 0.481 e. The Labute approximate surface area is 112 Å². The molecule has 0 unspecified atom stereocenters. The minimum atomic E-state index is 0.444. The summed E-state index contributed by atoms with van der Waals surface area (Å²) in [5, 5.41) is 3.14. The molecule has 0 saturated carbocycles. The molecule has 1 heterocycles. The van der Waals surface area contributed by atoms with Crippen molar-refractivity contribution in [2.75, 3.05) is 19.5 Å². The third kappa shape index (κ3) is 3.13. The Balaban J connectivity index is 2.29. The lowest BCUT2D eigenvalue weighted by Gasteiger charge is -2.09. The number of ether oxygens (including phenoxy) is 2. The molecule has 100 valence electrons. The third-order valence-electron chi connectivity index (χ3n) is 2.86. The van der Waals surface area contributed by atoms with E-state index in [1.165, 1.54) is 11.1 Å². The van der Waals surface area contributed by atoms with Gasteiger partial charge in [0, 0.05) is 5.69 Å². The van der Waals surface area contributed by atoms with Crippen molar-refractivity contribution in [3.63, 3.8) is 0 Å². The van der Waals surface area contributed by atoms with Crippen molar-refractivity contribution < 1.29 is 9.47 Å². The van der Waals surface area contributed by atoms with Gasteiger partial charge < -0.3 is 14.8 Å². The van der Waals surface area contributed by atoms with Crippen LogP contribution in [-0.4, -0.2) is 24.2 Å². The topological polar surface area (TPSA) is 56.3 Å². The van der Waals surface area contributed by atoms with Crippen LogP contribution >= 0.6 is 0 Å². The van der Waals surface area contributed by atoms with Crippen LogP contribution in [0.15, 0.2) is 24.3 Å². The zero-order chi connectivity index (χ0) is 13.8. The molecule has 0 fully saturated rings. The Bertz CT molecular complexity index is 563. The molecule has 0 aliphatic heterocycles. The van der Waals surface area contributed by atoms with Gasteiger partial charge in [-0.05, 0) is 37.1 Å². The molecule has 0 saturated heterocycles. The molecule has 2 aromatic rings. The summed E-state index contributed by atoms with van der Waals surface area (Å²) in [5.74, 6) is 1.36. The standard InChI is InChI=1S/C14H17N3O2/c1-9-5-6-11(7-10(9)2)15-14-16-12(18-3)8-13(17-14)19-4/h5-8H,1-4H3,(H,15,16,17). The number of benzene rings is 1. The number of methoxy groups -OCH3 is 2. The SMILES string of the molecule is COc1cc(OC)nc(Nc2ccc(C)c(C)c2)n1. The van der Waals surface area contributed by atoms with E-state index in [0.29, 0.717) is 17.7 Å². The maximum Gasteiger partial charge on any atom is 0.233 e. The van der Waals surface area contributed by atoms with Gasteiger partial charge in [-0.25, -0.2) is 0 Å². The van der Waals surface area contributed by atoms with Crippen LogP contribution in [0.25, 0.3) is 0 Å². The quantitative estimate of drug-likeness (QED) is 0.915. The number of hydrogen-bond acceptors (Lipinski definition) is 5. The van der Waals surface area contributed by atoms with Gasteiger partial charge in [0.25, 0.3) is 0 Å². The predicted octanol–water partition coefficient (Wildman–Crippen LogP) is 2.85. The molecule has 0 amide bonds. The van der Waals surface area contributed by atoms with E-state index in [-0.39, 0.29) is 0 Å². The van der Waals surface area contributed by atoms with Gasteiger partial charge in [-0.3, -0.25) is 0 Å². The van der Waals surface area contributed by atoms with E-state index in [2.05, 4.69) is 35.2 Å². The van der Waals surface area contributed by atoms with Crippen LogP contribution < -0.4 is 14.8 Å². The zero-order valence-corrected chi connectivity index (χ0v) is 11.5. The Morgan fingerprint density at radius 2 is 1.53 bits per heavy atom. The van der Waals surface area contributed by atoms with E-state index in [0.717, 1.165) is 5.69 Å². The minimum Gasteiger partial charge on any atom is -0.481 e. The minimum absolute atomic E-state index is 0.444. The normalized spacial score (nSPS) is 10.1. The van der Waals surface area contributed by atoms with Crippen LogP contribution in [0.1, 0.15) is 11.1 Å². The number of nitrogens with one attached hydrogen (secondary N) is 1. The van der Waals surface area contributed by atoms with Gasteiger partial charge in [0.05, 0.1) is 20.3 Å². The van der Waals surface area contributed by atoms with Crippen molar-refractivity contribution in [3.05, 3.63) is 35.4 Å². The fraction of sp³-hybridized carbons (Fsp3) is 0.286. The number of aryl methyl sites for hydroxylation is 2. The van der Waals surface area contributed by atoms with Crippen LogP contribution in [-0.2, 0) is 0 Å². The summed E-state index contributed by atoms with van der Waals surface area (Å²) in [7, 11) is 3.11. The summed E-state index contributed by atoms with van der Waals surface area (Å²) in [6, 6.07) is 7.71. The first-order valence-corrected chi connectivity index (χ1v) is 5.93. The third-order valence-corrected chi connectivity index (χ3v) is 2.86. The Hall–Kier alpha value is -2.30. The van der Waals surface area contributed by atoms with Crippen LogP contribution in [0.3, 0.4) is 0 Å². The second-order valence-electron chi connectivity index (χ2n) is 4.20. The Morgan fingerprint density at radius 3 is 2.05 bits per heavy atom. The van der Waals surface area contributed by atoms with Gasteiger partial charge in [-0.15, -0.1) is 0 Å². The molecule has 1 aromatic carbocycles. The molecule has 0 bridgehead atoms. The predicted molar refractivity (Wildman–Crippen MR) is 74.3 cm³/mol. The van der Waals surface area contributed by atoms with Crippen molar-refractivity contribution in [2.24, 2.45) is 0 Å². The smallest absolute Gasteiger partial charge is 0.233 e. The molecule has 0 aliphatic rings. The van der Waals surface area contributed by atoms with Crippen LogP contribution in [0.2, 0.25) is 0 Å². The van der Waals surface area contributed by atoms with Crippen molar-refractivity contribution >= 4 is 11.6 Å². The highest BCUT2D eigenvalue weighted by molar-refractivity contribution is 5.56. The summed E-state index contributed by atoms with van der Waals surface area (Å²) < 4.78 is 10.2.